The second-order valence-electron chi connectivity index (χ2n) is 10.2. The summed E-state index contributed by atoms with van der Waals surface area (Å²) in [5, 5.41) is 7.93. The molecule has 5 atom stereocenters. The molecule has 2 fully saturated rings. The number of aliphatic imine (C=N–C) groups is 1. The maximum atomic E-state index is 16.3. The van der Waals surface area contributed by atoms with E-state index in [-0.39, 0.29) is 41.7 Å². The molecular weight excluding hydrogens is 481 g/mol. The van der Waals surface area contributed by atoms with Gasteiger partial charge in [0.1, 0.15) is 12.6 Å². The van der Waals surface area contributed by atoms with Crippen LogP contribution in [-0.2, 0) is 15.9 Å². The van der Waals surface area contributed by atoms with E-state index in [1.54, 1.807) is 18.5 Å². The Hall–Kier alpha value is -3.64. The summed E-state index contributed by atoms with van der Waals surface area (Å²) in [5.41, 5.74) is 0.925. The van der Waals surface area contributed by atoms with Crippen LogP contribution in [0.15, 0.2) is 34.0 Å². The summed E-state index contributed by atoms with van der Waals surface area (Å²) in [6.07, 6.45) is 4.94. The van der Waals surface area contributed by atoms with Gasteiger partial charge < -0.3 is 18.9 Å². The third-order valence-electron chi connectivity index (χ3n) is 7.81. The molecular formula is C25H26FN7O4. The summed E-state index contributed by atoms with van der Waals surface area (Å²) in [7, 11) is 0. The van der Waals surface area contributed by atoms with Gasteiger partial charge in [0.2, 0.25) is 5.58 Å². The van der Waals surface area contributed by atoms with Crippen LogP contribution in [0, 0.1) is 11.2 Å². The van der Waals surface area contributed by atoms with Crippen molar-refractivity contribution in [2.24, 2.45) is 10.4 Å². The fourth-order valence-corrected chi connectivity index (χ4v) is 6.53. The number of fused-ring (bicyclic) bond motifs is 5. The second-order valence-corrected chi connectivity index (χ2v) is 10.2. The van der Waals surface area contributed by atoms with Crippen molar-refractivity contribution in [3.8, 4) is 0 Å². The highest BCUT2D eigenvalue weighted by Gasteiger charge is 2.53. The zero-order valence-corrected chi connectivity index (χ0v) is 20.4. The number of aromatic nitrogens is 3. The van der Waals surface area contributed by atoms with Crippen LogP contribution in [0.1, 0.15) is 31.3 Å². The normalized spacial score (nSPS) is 31.1. The smallest absolute Gasteiger partial charge is 0.416 e. The van der Waals surface area contributed by atoms with E-state index < -0.39 is 18.0 Å². The monoisotopic (exact) mass is 507 g/mol. The molecule has 4 aliphatic heterocycles. The van der Waals surface area contributed by atoms with Gasteiger partial charge in [-0.15, -0.1) is 0 Å². The first-order valence-corrected chi connectivity index (χ1v) is 12.4. The summed E-state index contributed by atoms with van der Waals surface area (Å²) in [6.45, 7) is 5.87. The first-order chi connectivity index (χ1) is 18.0. The molecule has 37 heavy (non-hydrogen) atoms. The highest BCUT2D eigenvalue weighted by Crippen LogP contribution is 2.49. The van der Waals surface area contributed by atoms with Crippen molar-refractivity contribution in [3.63, 3.8) is 0 Å². The van der Waals surface area contributed by atoms with Crippen LogP contribution < -0.4 is 15.1 Å². The van der Waals surface area contributed by atoms with Crippen molar-refractivity contribution >= 4 is 34.8 Å². The van der Waals surface area contributed by atoms with Gasteiger partial charge in [0.05, 0.1) is 36.0 Å². The van der Waals surface area contributed by atoms with E-state index in [0.29, 0.717) is 43.1 Å². The minimum Gasteiger partial charge on any atom is -0.446 e. The molecule has 1 unspecified atom stereocenters. The Kier molecular flexibility index (Phi) is 4.99. The molecule has 11 nitrogen and oxygen atoms in total. The number of nitrogens with zero attached hydrogens (tertiary/aromatic N) is 6. The Morgan fingerprint density at radius 2 is 2.08 bits per heavy atom. The minimum atomic E-state index is -0.609. The van der Waals surface area contributed by atoms with Crippen molar-refractivity contribution in [2.75, 3.05) is 36.2 Å². The van der Waals surface area contributed by atoms with Crippen molar-refractivity contribution in [1.82, 2.24) is 20.4 Å². The summed E-state index contributed by atoms with van der Waals surface area (Å²) in [4.78, 5) is 29.4. The van der Waals surface area contributed by atoms with Gasteiger partial charge in [0.15, 0.2) is 17.5 Å². The number of benzene rings is 1. The average molecular weight is 508 g/mol. The SMILES string of the molecule is C[C@@H]1CN2c3c(cc4c(N5C(=O)OC[C@@H]5c5ncccn5)noc4c3F)CC3(C=NCNC3)[C@H]2[C@H](C)O1. The van der Waals surface area contributed by atoms with Gasteiger partial charge in [0, 0.05) is 37.1 Å². The van der Waals surface area contributed by atoms with Crippen molar-refractivity contribution < 1.29 is 23.2 Å². The van der Waals surface area contributed by atoms with Gasteiger partial charge >= 0.3 is 6.09 Å². The van der Waals surface area contributed by atoms with Crippen LogP contribution in [-0.4, -0.2) is 72.0 Å². The quantitative estimate of drug-likeness (QED) is 0.558. The number of carbonyl (C=O) groups is 1. The van der Waals surface area contributed by atoms with Crippen LogP contribution in [0.3, 0.4) is 0 Å². The predicted octanol–water partition coefficient (Wildman–Crippen LogP) is 2.61. The van der Waals surface area contributed by atoms with Crippen LogP contribution in [0.25, 0.3) is 11.0 Å². The summed E-state index contributed by atoms with van der Waals surface area (Å²) in [6, 6.07) is 2.88. The van der Waals surface area contributed by atoms with Gasteiger partial charge in [-0.25, -0.2) is 24.1 Å². The van der Waals surface area contributed by atoms with Crippen molar-refractivity contribution in [2.45, 2.75) is 44.6 Å². The van der Waals surface area contributed by atoms with E-state index >= 15 is 4.39 Å². The number of cyclic esters (lactones) is 1. The molecule has 1 amide bonds. The van der Waals surface area contributed by atoms with E-state index in [1.807, 2.05) is 26.1 Å². The Labute approximate surface area is 211 Å². The number of hydrogen-bond donors (Lipinski definition) is 1. The Morgan fingerprint density at radius 3 is 2.86 bits per heavy atom. The molecule has 1 N–H and O–H groups in total. The van der Waals surface area contributed by atoms with E-state index in [1.165, 1.54) is 4.90 Å². The van der Waals surface area contributed by atoms with Crippen molar-refractivity contribution in [3.05, 3.63) is 41.7 Å². The third kappa shape index (κ3) is 3.28. The van der Waals surface area contributed by atoms with Crippen LogP contribution in [0.5, 0.6) is 0 Å². The number of anilines is 2. The maximum Gasteiger partial charge on any atom is 0.416 e. The standard InChI is InChI=1S/C25H26FN7O4/c1-13-8-32-19-15(7-25(10-27-12-28-11-25)21(32)14(2)36-13)6-16-20(18(19)26)37-31-23(16)33-17(9-35-24(33)34)22-29-4-3-5-30-22/h3-6,10,13-14,17,21,28H,7-9,11-12H2,1-2H3/t13-,14+,17-,21-,25?/m1/s1. The van der Waals surface area contributed by atoms with E-state index in [0.717, 1.165) is 5.56 Å². The Balaban J connectivity index is 1.39. The highest BCUT2D eigenvalue weighted by molar-refractivity contribution is 6.01. The molecule has 1 spiro atoms. The molecule has 7 rings (SSSR count). The summed E-state index contributed by atoms with van der Waals surface area (Å²) < 4.78 is 33.4. The van der Waals surface area contributed by atoms with E-state index in [9.17, 15) is 4.79 Å². The van der Waals surface area contributed by atoms with Gasteiger partial charge in [0.25, 0.3) is 0 Å². The molecule has 2 aromatic heterocycles. The Bertz CT molecular complexity index is 1420. The fraction of sp³-hybridized carbons (Fsp3) is 0.480. The maximum absolute atomic E-state index is 16.3. The topological polar surface area (TPSA) is 118 Å². The molecule has 0 radical (unpaired) electrons. The number of morpholine rings is 1. The number of amides is 1. The lowest BCUT2D eigenvalue weighted by atomic mass is 9.68. The molecule has 4 aliphatic rings. The first kappa shape index (κ1) is 22.5. The van der Waals surface area contributed by atoms with Crippen LogP contribution >= 0.6 is 0 Å². The van der Waals surface area contributed by atoms with E-state index in [4.69, 9.17) is 14.0 Å². The molecule has 6 heterocycles. The average Bonchev–Trinajstić information content (AvgIpc) is 3.47. The zero-order valence-electron chi connectivity index (χ0n) is 20.4. The molecule has 192 valence electrons. The zero-order chi connectivity index (χ0) is 25.3. The Morgan fingerprint density at radius 1 is 1.24 bits per heavy atom. The number of nitrogens with one attached hydrogen (secondary N) is 1. The van der Waals surface area contributed by atoms with Gasteiger partial charge in [-0.1, -0.05) is 5.16 Å². The summed E-state index contributed by atoms with van der Waals surface area (Å²) >= 11 is 0. The number of carbonyl (C=O) groups excluding carboxylic acids is 1. The molecule has 12 heteroatoms. The van der Waals surface area contributed by atoms with Crippen LogP contribution in [0.4, 0.5) is 20.7 Å². The highest BCUT2D eigenvalue weighted by atomic mass is 19.1. The first-order valence-electron chi connectivity index (χ1n) is 12.4. The van der Waals surface area contributed by atoms with Crippen molar-refractivity contribution in [1.29, 1.82) is 0 Å². The molecule has 2 saturated heterocycles. The third-order valence-corrected chi connectivity index (χ3v) is 7.81. The molecule has 0 aliphatic carbocycles. The van der Waals surface area contributed by atoms with Gasteiger partial charge in [-0.3, -0.25) is 10.3 Å². The second kappa shape index (κ2) is 8.18. The largest absolute Gasteiger partial charge is 0.446 e. The predicted molar refractivity (Wildman–Crippen MR) is 131 cm³/mol. The molecule has 3 aromatic rings. The lowest BCUT2D eigenvalue weighted by Gasteiger charge is -2.56. The number of halogens is 1. The van der Waals surface area contributed by atoms with Gasteiger partial charge in [-0.2, -0.15) is 0 Å². The fourth-order valence-electron chi connectivity index (χ4n) is 6.53. The number of rotatable bonds is 2. The molecule has 0 saturated carbocycles. The lowest BCUT2D eigenvalue weighted by Crippen LogP contribution is -2.67. The molecule has 0 bridgehead atoms. The number of ether oxygens (including phenoxy) is 2. The van der Waals surface area contributed by atoms with E-state index in [2.05, 4.69) is 30.3 Å². The van der Waals surface area contributed by atoms with Crippen LogP contribution in [0.2, 0.25) is 0 Å². The summed E-state index contributed by atoms with van der Waals surface area (Å²) in [5.74, 6) is 0.102. The number of hydrogen-bond acceptors (Lipinski definition) is 10. The van der Waals surface area contributed by atoms with Gasteiger partial charge in [-0.05, 0) is 38.0 Å². The minimum absolute atomic E-state index is 0.00175. The molecule has 1 aromatic carbocycles. The lowest BCUT2D eigenvalue weighted by molar-refractivity contribution is -0.0522.